The second kappa shape index (κ2) is 11.1. The molecule has 1 fully saturated rings. The molecule has 0 saturated carbocycles. The predicted molar refractivity (Wildman–Crippen MR) is 165 cm³/mol. The molecule has 3 amide bonds. The van der Waals surface area contributed by atoms with E-state index in [-0.39, 0.29) is 36.4 Å². The monoisotopic (exact) mass is 656 g/mol. The number of hydrogen-bond acceptors (Lipinski definition) is 8. The molecule has 1 aliphatic heterocycles. The number of nitrogens with one attached hydrogen (secondary N) is 2. The lowest BCUT2D eigenvalue weighted by molar-refractivity contribution is -0.135. The molecule has 12 nitrogen and oxygen atoms in total. The van der Waals surface area contributed by atoms with Crippen LogP contribution in [0.5, 0.6) is 0 Å². The lowest BCUT2D eigenvalue weighted by Gasteiger charge is -2.25. The second-order valence-corrected chi connectivity index (χ2v) is 11.9. The fraction of sp³-hybridized carbons (Fsp3) is 0.290. The zero-order valence-corrected chi connectivity index (χ0v) is 26.1. The van der Waals surface area contributed by atoms with Gasteiger partial charge in [-0.1, -0.05) is 12.1 Å². The molecule has 4 heterocycles. The third-order valence-corrected chi connectivity index (χ3v) is 8.66. The van der Waals surface area contributed by atoms with Crippen molar-refractivity contribution in [1.82, 2.24) is 34.9 Å². The van der Waals surface area contributed by atoms with Crippen molar-refractivity contribution in [3.05, 3.63) is 76.2 Å². The number of carbonyl (C=O) groups is 4. The average Bonchev–Trinajstić information content (AvgIpc) is 3.25. The number of carbonyl (C=O) groups excluding carboxylic acids is 4. The number of nitrogens with zero attached hydrogens (tertiary/aromatic N) is 6. The molecule has 3 aromatic heterocycles. The van der Waals surface area contributed by atoms with Gasteiger partial charge < -0.3 is 15.5 Å². The Hall–Kier alpha value is -4.78. The summed E-state index contributed by atoms with van der Waals surface area (Å²) in [6.45, 7) is 6.66. The summed E-state index contributed by atoms with van der Waals surface area (Å²) in [6, 6.07) is 9.85. The first-order valence-electron chi connectivity index (χ1n) is 14.0. The fourth-order valence-corrected chi connectivity index (χ4v) is 6.32. The van der Waals surface area contributed by atoms with Crippen molar-refractivity contribution < 1.29 is 19.2 Å². The van der Waals surface area contributed by atoms with E-state index in [4.69, 9.17) is 0 Å². The Morgan fingerprint density at radius 1 is 1.05 bits per heavy atom. The maximum atomic E-state index is 14.1. The van der Waals surface area contributed by atoms with Gasteiger partial charge in [0.05, 0.1) is 10.9 Å². The number of fused-ring (bicyclic) bond motifs is 2. The van der Waals surface area contributed by atoms with Gasteiger partial charge in [0.2, 0.25) is 17.7 Å². The third-order valence-electron chi connectivity index (χ3n) is 8.22. The highest BCUT2D eigenvalue weighted by molar-refractivity contribution is 9.10. The van der Waals surface area contributed by atoms with Gasteiger partial charge in [-0.25, -0.2) is 15.0 Å². The zero-order chi connectivity index (χ0) is 31.3. The van der Waals surface area contributed by atoms with Crippen LogP contribution in [0.15, 0.2) is 64.7 Å². The highest BCUT2D eigenvalue weighted by Gasteiger charge is 2.64. The molecule has 0 bridgehead atoms. The van der Waals surface area contributed by atoms with E-state index in [1.807, 2.05) is 25.1 Å². The zero-order valence-electron chi connectivity index (χ0n) is 24.5. The Labute approximate surface area is 261 Å². The second-order valence-electron chi connectivity index (χ2n) is 11.1. The summed E-state index contributed by atoms with van der Waals surface area (Å²) in [5.74, 6) is -0.197. The van der Waals surface area contributed by atoms with Crippen molar-refractivity contribution >= 4 is 56.2 Å². The maximum Gasteiger partial charge on any atom is 0.249 e. The van der Waals surface area contributed by atoms with Crippen LogP contribution in [0.3, 0.4) is 0 Å². The number of pyridine rings is 1. The molecule has 1 aromatic carbocycles. The minimum absolute atomic E-state index is 0.195. The van der Waals surface area contributed by atoms with Gasteiger partial charge in [-0.2, -0.15) is 5.10 Å². The lowest BCUT2D eigenvalue weighted by Crippen LogP contribution is -2.44. The predicted octanol–water partition coefficient (Wildman–Crippen LogP) is 3.81. The number of likely N-dealkylation sites (tertiary alicyclic amines) is 1. The number of amides is 3. The molecule has 4 aromatic rings. The highest BCUT2D eigenvalue weighted by Crippen LogP contribution is 2.62. The third kappa shape index (κ3) is 5.17. The van der Waals surface area contributed by atoms with Crippen molar-refractivity contribution in [2.45, 2.75) is 46.7 Å². The molecule has 1 aliphatic carbocycles. The van der Waals surface area contributed by atoms with Crippen molar-refractivity contribution in [2.24, 2.45) is 5.41 Å². The van der Waals surface area contributed by atoms with Gasteiger partial charge in [0, 0.05) is 49.4 Å². The minimum Gasteiger partial charge on any atom is -0.355 e. The SMILES string of the molecule is CC(=O)NC[C@]12C[C@@H](C(=O)Nc3cccc(Br)n3)N(C(=O)Cn3nc(C(C)=O)c4cc(-c5cnc(C)nc5)ccc43)C1=C2C. The van der Waals surface area contributed by atoms with Gasteiger partial charge >= 0.3 is 0 Å². The average molecular weight is 658 g/mol. The molecule has 6 rings (SSSR count). The molecular formula is C31H29BrN8O4. The molecule has 224 valence electrons. The molecular weight excluding hydrogens is 628 g/mol. The summed E-state index contributed by atoms with van der Waals surface area (Å²) in [4.78, 5) is 66.4. The first-order valence-corrected chi connectivity index (χ1v) is 14.8. The van der Waals surface area contributed by atoms with Crippen molar-refractivity contribution in [3.8, 4) is 11.1 Å². The van der Waals surface area contributed by atoms with E-state index in [0.29, 0.717) is 33.6 Å². The Bertz CT molecular complexity index is 1900. The summed E-state index contributed by atoms with van der Waals surface area (Å²) in [5.41, 5.74) is 3.52. The Kier molecular flexibility index (Phi) is 7.36. The van der Waals surface area contributed by atoms with Crippen LogP contribution in [-0.2, 0) is 20.9 Å². The number of ketones is 1. The normalized spacial score (nSPS) is 18.8. The summed E-state index contributed by atoms with van der Waals surface area (Å²) in [6.07, 6.45) is 3.75. The van der Waals surface area contributed by atoms with Gasteiger partial charge in [0.15, 0.2) is 5.78 Å². The van der Waals surface area contributed by atoms with Crippen molar-refractivity contribution in [2.75, 3.05) is 11.9 Å². The number of hydrogen-bond donors (Lipinski definition) is 2. The molecule has 44 heavy (non-hydrogen) atoms. The van der Waals surface area contributed by atoms with Crippen LogP contribution in [0.25, 0.3) is 22.0 Å². The van der Waals surface area contributed by atoms with E-state index in [9.17, 15) is 19.2 Å². The van der Waals surface area contributed by atoms with Crippen LogP contribution >= 0.6 is 15.9 Å². The number of rotatable bonds is 8. The summed E-state index contributed by atoms with van der Waals surface area (Å²) >= 11 is 3.31. The molecule has 0 radical (unpaired) electrons. The maximum absolute atomic E-state index is 14.1. The summed E-state index contributed by atoms with van der Waals surface area (Å²) in [5, 5.41) is 10.8. The van der Waals surface area contributed by atoms with Crippen molar-refractivity contribution in [3.63, 3.8) is 0 Å². The number of aryl methyl sites for hydroxylation is 1. The number of anilines is 1. The minimum atomic E-state index is -0.835. The Morgan fingerprint density at radius 3 is 2.48 bits per heavy atom. The van der Waals surface area contributed by atoms with Gasteiger partial charge in [-0.3, -0.25) is 23.9 Å². The van der Waals surface area contributed by atoms with E-state index in [2.05, 4.69) is 46.6 Å². The number of benzene rings is 1. The number of aromatic nitrogens is 5. The van der Waals surface area contributed by atoms with Crippen LogP contribution in [0.4, 0.5) is 5.82 Å². The van der Waals surface area contributed by atoms with Crippen molar-refractivity contribution in [1.29, 1.82) is 0 Å². The summed E-state index contributed by atoms with van der Waals surface area (Å²) in [7, 11) is 0. The Morgan fingerprint density at radius 2 is 1.80 bits per heavy atom. The molecule has 1 saturated heterocycles. The van der Waals surface area contributed by atoms with Crippen LogP contribution in [0.1, 0.15) is 43.5 Å². The molecule has 2 aliphatic rings. The molecule has 0 unspecified atom stereocenters. The van der Waals surface area contributed by atoms with Crippen LogP contribution in [-0.4, -0.2) is 65.7 Å². The smallest absolute Gasteiger partial charge is 0.249 e. The first kappa shape index (κ1) is 29.3. The standard InChI is InChI=1S/C31H29BrN8O4/c1-16-29-31(16,15-35-19(4)42)11-24(30(44)37-26-7-5-6-25(32)36-26)40(29)27(43)14-39-23-9-8-20(21-12-33-18(3)34-13-21)10-22(23)28(38-39)17(2)41/h5-10,12-13,24H,11,14-15H2,1-4H3,(H,35,42)(H,36,37,44)/t24-,31-/m0/s1. The van der Waals surface area contributed by atoms with Gasteiger partial charge in [-0.05, 0) is 71.6 Å². The van der Waals surface area contributed by atoms with Gasteiger partial charge in [0.1, 0.15) is 34.5 Å². The highest BCUT2D eigenvalue weighted by atomic mass is 79.9. The Balaban J connectivity index is 1.33. The van der Waals surface area contributed by atoms with E-state index in [0.717, 1.165) is 22.4 Å². The van der Waals surface area contributed by atoms with E-state index in [1.54, 1.807) is 37.5 Å². The quantitative estimate of drug-likeness (QED) is 0.215. The van der Waals surface area contributed by atoms with E-state index in [1.165, 1.54) is 23.4 Å². The number of Topliss-reactive ketones (excluding diaryl/α,β-unsaturated/α-hetero) is 1. The largest absolute Gasteiger partial charge is 0.355 e. The lowest BCUT2D eigenvalue weighted by atomic mass is 9.93. The van der Waals surface area contributed by atoms with E-state index >= 15 is 0 Å². The van der Waals surface area contributed by atoms with Crippen LogP contribution < -0.4 is 10.6 Å². The fourth-order valence-electron chi connectivity index (χ4n) is 5.97. The molecule has 2 atom stereocenters. The molecule has 2 N–H and O–H groups in total. The van der Waals surface area contributed by atoms with E-state index < -0.39 is 17.4 Å². The van der Waals surface area contributed by atoms with Crippen LogP contribution in [0, 0.1) is 12.3 Å². The molecule has 13 heteroatoms. The summed E-state index contributed by atoms with van der Waals surface area (Å²) < 4.78 is 2.06. The molecule has 0 spiro atoms. The van der Waals surface area contributed by atoms with Crippen LogP contribution in [0.2, 0.25) is 0 Å². The van der Waals surface area contributed by atoms with Gasteiger partial charge in [-0.15, -0.1) is 0 Å². The topological polar surface area (TPSA) is 152 Å². The number of halogens is 1. The first-order chi connectivity index (χ1) is 21.0. The van der Waals surface area contributed by atoms with Gasteiger partial charge in [0.25, 0.3) is 0 Å².